The van der Waals surface area contributed by atoms with E-state index in [0.717, 1.165) is 5.69 Å². The molecule has 0 bridgehead atoms. The molecule has 1 aromatic heterocycles. The minimum Gasteiger partial charge on any atom is -0.501 e. The van der Waals surface area contributed by atoms with Gasteiger partial charge < -0.3 is 25.0 Å². The normalized spacial score (nSPS) is 17.7. The number of nitrogens with one attached hydrogen (secondary N) is 1. The molecule has 2 N–H and O–H groups in total. The Bertz CT molecular complexity index is 1060. The fourth-order valence-corrected chi connectivity index (χ4v) is 4.31. The molecule has 0 atom stereocenters. The van der Waals surface area contributed by atoms with Crippen molar-refractivity contribution in [2.24, 2.45) is 7.05 Å². The third-order valence-electron chi connectivity index (χ3n) is 5.99. The highest BCUT2D eigenvalue weighted by Gasteiger charge is 2.50. The van der Waals surface area contributed by atoms with Gasteiger partial charge in [0.25, 0.3) is 5.56 Å². The van der Waals surface area contributed by atoms with Crippen LogP contribution in [0.5, 0.6) is 5.75 Å². The van der Waals surface area contributed by atoms with Gasteiger partial charge in [-0.05, 0) is 31.9 Å². The van der Waals surface area contributed by atoms with Crippen LogP contribution in [0, 0.1) is 0 Å². The molecule has 10 heteroatoms. The Morgan fingerprint density at radius 3 is 2.55 bits per heavy atom. The van der Waals surface area contributed by atoms with Gasteiger partial charge in [0, 0.05) is 25.8 Å². The number of rotatable bonds is 4. The number of carbonyl (C=O) groups is 2. The zero-order valence-corrected chi connectivity index (χ0v) is 17.5. The lowest BCUT2D eigenvalue weighted by atomic mass is 9.85. The Kier molecular flexibility index (Phi) is 5.30. The van der Waals surface area contributed by atoms with E-state index >= 15 is 0 Å². The monoisotopic (exact) mass is 427 g/mol. The lowest BCUT2D eigenvalue weighted by molar-refractivity contribution is -0.124. The molecular formula is C21H25N5O5. The van der Waals surface area contributed by atoms with Crippen LogP contribution < -0.4 is 20.7 Å². The van der Waals surface area contributed by atoms with Crippen molar-refractivity contribution in [3.05, 3.63) is 46.4 Å². The fourth-order valence-electron chi connectivity index (χ4n) is 4.31. The maximum atomic E-state index is 12.8. The van der Waals surface area contributed by atoms with Gasteiger partial charge in [-0.15, -0.1) is 0 Å². The van der Waals surface area contributed by atoms with Crippen LogP contribution in [0.3, 0.4) is 0 Å². The van der Waals surface area contributed by atoms with Crippen LogP contribution in [0.4, 0.5) is 11.6 Å². The van der Waals surface area contributed by atoms with Crippen molar-refractivity contribution in [1.82, 2.24) is 14.9 Å². The number of aromatic hydroxyl groups is 1. The standard InChI is InChI=1S/C21H25N5O5/c1-3-31-18(29)15-16(27)17(28)24(2)20(23-15)25-11-9-21(10-12-25)19(30)22-13-26(21)14-7-5-4-6-8-14/h4-8,27H,3,9-13H2,1-2H3,(H,22,30). The van der Waals surface area contributed by atoms with Crippen LogP contribution in [-0.2, 0) is 16.6 Å². The molecule has 2 aliphatic heterocycles. The first-order valence-electron chi connectivity index (χ1n) is 10.2. The van der Waals surface area contributed by atoms with Crippen molar-refractivity contribution in [2.45, 2.75) is 25.3 Å². The number of anilines is 2. The summed E-state index contributed by atoms with van der Waals surface area (Å²) in [6.07, 6.45) is 1.03. The molecule has 1 spiro atoms. The number of nitrogens with zero attached hydrogens (tertiary/aromatic N) is 4. The van der Waals surface area contributed by atoms with Crippen molar-refractivity contribution >= 4 is 23.5 Å². The minimum atomic E-state index is -0.849. The second-order valence-electron chi connectivity index (χ2n) is 7.64. The summed E-state index contributed by atoms with van der Waals surface area (Å²) in [5.41, 5.74) is -0.839. The molecule has 0 unspecified atom stereocenters. The third kappa shape index (κ3) is 3.37. The Morgan fingerprint density at radius 1 is 1.23 bits per heavy atom. The Hall–Kier alpha value is -3.56. The largest absolute Gasteiger partial charge is 0.501 e. The van der Waals surface area contributed by atoms with Gasteiger partial charge in [0.05, 0.1) is 13.3 Å². The van der Waals surface area contributed by atoms with Crippen LogP contribution >= 0.6 is 0 Å². The summed E-state index contributed by atoms with van der Waals surface area (Å²) >= 11 is 0. The summed E-state index contributed by atoms with van der Waals surface area (Å²) in [4.78, 5) is 45.6. The molecule has 4 rings (SSSR count). The van der Waals surface area contributed by atoms with E-state index in [1.807, 2.05) is 35.2 Å². The van der Waals surface area contributed by atoms with E-state index in [0.29, 0.717) is 32.6 Å². The van der Waals surface area contributed by atoms with Crippen LogP contribution in [0.25, 0.3) is 0 Å². The fraction of sp³-hybridized carbons (Fsp3) is 0.429. The Labute approximate surface area is 179 Å². The molecule has 2 fully saturated rings. The number of amides is 1. The first-order chi connectivity index (χ1) is 14.9. The number of hydrogen-bond donors (Lipinski definition) is 2. The van der Waals surface area contributed by atoms with Gasteiger partial charge in [0.2, 0.25) is 17.6 Å². The number of ether oxygens (including phenoxy) is 1. The van der Waals surface area contributed by atoms with Crippen LogP contribution in [0.15, 0.2) is 35.1 Å². The first kappa shape index (κ1) is 20.7. The van der Waals surface area contributed by atoms with Crippen molar-refractivity contribution in [2.75, 3.05) is 36.2 Å². The predicted octanol–water partition coefficient (Wildman–Crippen LogP) is 0.595. The van der Waals surface area contributed by atoms with E-state index in [2.05, 4.69) is 15.2 Å². The van der Waals surface area contributed by atoms with Crippen molar-refractivity contribution in [3.8, 4) is 5.75 Å². The number of para-hydroxylation sites is 1. The molecular weight excluding hydrogens is 402 g/mol. The third-order valence-corrected chi connectivity index (χ3v) is 5.99. The molecule has 2 saturated heterocycles. The highest BCUT2D eigenvalue weighted by atomic mass is 16.5. The van der Waals surface area contributed by atoms with E-state index in [9.17, 15) is 19.5 Å². The van der Waals surface area contributed by atoms with Gasteiger partial charge in [-0.25, -0.2) is 9.78 Å². The number of aromatic nitrogens is 2. The van der Waals surface area contributed by atoms with Gasteiger partial charge in [0.1, 0.15) is 5.54 Å². The molecule has 1 aromatic carbocycles. The lowest BCUT2D eigenvalue weighted by Crippen LogP contribution is -2.57. The molecule has 0 saturated carbocycles. The molecule has 10 nitrogen and oxygen atoms in total. The number of carbonyl (C=O) groups excluding carboxylic acids is 2. The van der Waals surface area contributed by atoms with Crippen molar-refractivity contribution < 1.29 is 19.4 Å². The summed E-state index contributed by atoms with van der Waals surface area (Å²) in [5, 5.41) is 13.0. The summed E-state index contributed by atoms with van der Waals surface area (Å²) in [6, 6.07) is 9.76. The van der Waals surface area contributed by atoms with E-state index in [1.165, 1.54) is 11.6 Å². The summed E-state index contributed by atoms with van der Waals surface area (Å²) in [5.74, 6) is -1.34. The second-order valence-corrected chi connectivity index (χ2v) is 7.64. The highest BCUT2D eigenvalue weighted by molar-refractivity contribution is 5.94. The van der Waals surface area contributed by atoms with Crippen molar-refractivity contribution in [1.29, 1.82) is 0 Å². The van der Waals surface area contributed by atoms with Crippen LogP contribution in [0.2, 0.25) is 0 Å². The van der Waals surface area contributed by atoms with Gasteiger partial charge in [-0.2, -0.15) is 0 Å². The van der Waals surface area contributed by atoms with Gasteiger partial charge in [-0.3, -0.25) is 14.2 Å². The second kappa shape index (κ2) is 7.93. The summed E-state index contributed by atoms with van der Waals surface area (Å²) in [6.45, 7) is 3.06. The average molecular weight is 427 g/mol. The smallest absolute Gasteiger partial charge is 0.361 e. The van der Waals surface area contributed by atoms with Crippen LogP contribution in [-0.4, -0.2) is 58.4 Å². The minimum absolute atomic E-state index is 0.0178. The predicted molar refractivity (Wildman–Crippen MR) is 113 cm³/mol. The van der Waals surface area contributed by atoms with Gasteiger partial charge in [0.15, 0.2) is 5.69 Å². The number of hydrogen-bond acceptors (Lipinski definition) is 8. The zero-order valence-electron chi connectivity index (χ0n) is 17.5. The number of piperidine rings is 1. The lowest BCUT2D eigenvalue weighted by Gasteiger charge is -2.43. The topological polar surface area (TPSA) is 117 Å². The Morgan fingerprint density at radius 2 is 1.90 bits per heavy atom. The van der Waals surface area contributed by atoms with Gasteiger partial charge in [-0.1, -0.05) is 18.2 Å². The number of esters is 1. The maximum absolute atomic E-state index is 12.8. The molecule has 31 heavy (non-hydrogen) atoms. The summed E-state index contributed by atoms with van der Waals surface area (Å²) in [7, 11) is 1.49. The molecule has 0 aliphatic carbocycles. The number of benzene rings is 1. The molecule has 1 amide bonds. The van der Waals surface area contributed by atoms with E-state index in [-0.39, 0.29) is 18.5 Å². The first-order valence-corrected chi connectivity index (χ1v) is 10.2. The summed E-state index contributed by atoms with van der Waals surface area (Å²) < 4.78 is 6.12. The van der Waals surface area contributed by atoms with Gasteiger partial charge >= 0.3 is 5.97 Å². The van der Waals surface area contributed by atoms with E-state index in [1.54, 1.807) is 6.92 Å². The molecule has 2 aliphatic rings. The van der Waals surface area contributed by atoms with Crippen molar-refractivity contribution in [3.63, 3.8) is 0 Å². The van der Waals surface area contributed by atoms with E-state index in [4.69, 9.17) is 4.74 Å². The van der Waals surface area contributed by atoms with Crippen LogP contribution in [0.1, 0.15) is 30.3 Å². The quantitative estimate of drug-likeness (QED) is 0.681. The maximum Gasteiger partial charge on any atom is 0.361 e. The Balaban J connectivity index is 1.62. The molecule has 0 radical (unpaired) electrons. The average Bonchev–Trinajstić information content (AvgIpc) is 3.09. The van der Waals surface area contributed by atoms with E-state index < -0.39 is 28.5 Å². The SMILES string of the molecule is CCOC(=O)c1nc(N2CCC3(CC2)C(=O)NCN3c2ccccc2)n(C)c(=O)c1O. The molecule has 2 aromatic rings. The molecule has 164 valence electrons. The molecule has 3 heterocycles. The zero-order chi connectivity index (χ0) is 22.2. The highest BCUT2D eigenvalue weighted by Crippen LogP contribution is 2.37.